The van der Waals surface area contributed by atoms with Crippen molar-refractivity contribution in [3.63, 3.8) is 0 Å². The molecular weight excluding hydrogens is 685 g/mol. The van der Waals surface area contributed by atoms with E-state index in [4.69, 9.17) is 5.26 Å². The molecule has 13 nitrogen and oxygen atoms in total. The van der Waals surface area contributed by atoms with E-state index in [1.807, 2.05) is 69.3 Å². The highest BCUT2D eigenvalue weighted by Crippen LogP contribution is 2.57. The maximum Gasteiger partial charge on any atom is 0.326 e. The Hall–Kier alpha value is -4.67. The summed E-state index contributed by atoms with van der Waals surface area (Å²) in [5, 5.41) is 47.4. The zero-order chi connectivity index (χ0) is 38.5. The number of hydrogen-bond acceptors (Lipinski definition) is 9. The van der Waals surface area contributed by atoms with Crippen molar-refractivity contribution in [2.24, 2.45) is 17.8 Å². The third kappa shape index (κ3) is 8.82. The number of rotatable bonds is 13. The number of nitrogens with one attached hydrogen (secondary N) is 2. The number of likely N-dealkylation sites (tertiary alicyclic amines) is 1. The summed E-state index contributed by atoms with van der Waals surface area (Å²) in [6.45, 7) is 6.95. The van der Waals surface area contributed by atoms with Crippen molar-refractivity contribution in [2.75, 3.05) is 13.1 Å². The van der Waals surface area contributed by atoms with Crippen LogP contribution >= 0.6 is 0 Å². The Morgan fingerprint density at radius 1 is 1.07 bits per heavy atom. The van der Waals surface area contributed by atoms with Crippen molar-refractivity contribution in [1.29, 1.82) is 5.26 Å². The summed E-state index contributed by atoms with van der Waals surface area (Å²) in [6.07, 6.45) is 9.84. The van der Waals surface area contributed by atoms with E-state index >= 15 is 0 Å². The Kier molecular flexibility index (Phi) is 12.1. The van der Waals surface area contributed by atoms with Crippen molar-refractivity contribution in [2.45, 2.75) is 121 Å². The summed E-state index contributed by atoms with van der Waals surface area (Å²) >= 11 is 0. The smallest absolute Gasteiger partial charge is 0.326 e. The molecule has 2 amide bonds. The van der Waals surface area contributed by atoms with Gasteiger partial charge in [-0.2, -0.15) is 10.5 Å². The van der Waals surface area contributed by atoms with E-state index in [9.17, 15) is 24.6 Å². The number of unbranched alkanes of at least 4 members (excludes halogenated alkanes) is 1. The molecule has 288 valence electrons. The van der Waals surface area contributed by atoms with Gasteiger partial charge >= 0.3 is 5.97 Å². The number of amides is 2. The zero-order valence-corrected chi connectivity index (χ0v) is 31.7. The van der Waals surface area contributed by atoms with Crippen LogP contribution in [0.5, 0.6) is 0 Å². The van der Waals surface area contributed by atoms with Gasteiger partial charge in [-0.25, -0.2) is 4.79 Å². The second-order valence-corrected chi connectivity index (χ2v) is 16.3. The molecule has 3 aromatic rings. The number of H-pyrrole nitrogens is 1. The van der Waals surface area contributed by atoms with Crippen molar-refractivity contribution in [3.05, 3.63) is 54.1 Å². The maximum atomic E-state index is 12.9. The highest BCUT2D eigenvalue weighted by molar-refractivity contribution is 5.84. The van der Waals surface area contributed by atoms with Crippen LogP contribution in [0.1, 0.15) is 97.0 Å². The highest BCUT2D eigenvalue weighted by atomic mass is 16.4. The summed E-state index contributed by atoms with van der Waals surface area (Å²) < 4.78 is 0. The fourth-order valence-electron chi connectivity index (χ4n) is 9.77. The largest absolute Gasteiger partial charge is 0.480 e. The molecule has 1 aromatic heterocycles. The molecule has 2 heterocycles. The third-order valence-electron chi connectivity index (χ3n) is 11.8. The molecule has 1 saturated heterocycles. The molecule has 2 aromatic carbocycles. The van der Waals surface area contributed by atoms with Gasteiger partial charge in [-0.3, -0.25) is 9.59 Å². The number of nitriles is 1. The number of aliphatic hydroxyl groups is 1. The van der Waals surface area contributed by atoms with E-state index in [0.29, 0.717) is 37.2 Å². The summed E-state index contributed by atoms with van der Waals surface area (Å²) in [7, 11) is 0. The van der Waals surface area contributed by atoms with Crippen molar-refractivity contribution in [1.82, 2.24) is 35.7 Å². The number of hydrogen-bond donors (Lipinski definition) is 4. The van der Waals surface area contributed by atoms with Gasteiger partial charge in [0.25, 0.3) is 0 Å². The zero-order valence-electron chi connectivity index (χ0n) is 31.7. The number of aromatic amines is 1. The topological polar surface area (TPSA) is 188 Å². The molecule has 2 unspecified atom stereocenters. The van der Waals surface area contributed by atoms with E-state index < -0.39 is 17.6 Å². The third-order valence-corrected chi connectivity index (χ3v) is 11.8. The van der Waals surface area contributed by atoms with Crippen LogP contribution in [0.2, 0.25) is 0 Å². The van der Waals surface area contributed by atoms with Gasteiger partial charge in [0.15, 0.2) is 0 Å². The molecule has 4 saturated carbocycles. The van der Waals surface area contributed by atoms with E-state index in [1.165, 1.54) is 11.3 Å². The van der Waals surface area contributed by atoms with Gasteiger partial charge in [-0.1, -0.05) is 75.7 Å². The summed E-state index contributed by atoms with van der Waals surface area (Å²) in [4.78, 5) is 40.5. The van der Waals surface area contributed by atoms with E-state index in [1.54, 1.807) is 4.90 Å². The van der Waals surface area contributed by atoms with Crippen LogP contribution in [0, 0.1) is 29.1 Å². The van der Waals surface area contributed by atoms with Crippen LogP contribution in [0.3, 0.4) is 0 Å². The number of carboxylic acids is 1. The number of carbonyl (C=O) groups is 3. The van der Waals surface area contributed by atoms with Gasteiger partial charge in [-0.15, -0.1) is 10.2 Å². The molecule has 4 bridgehead atoms. The maximum absolute atomic E-state index is 12.9. The molecule has 0 radical (unpaired) electrons. The number of aliphatic carboxylic acids is 1. The molecular formula is C41H54N8O5. The second-order valence-electron chi connectivity index (χ2n) is 16.3. The molecule has 5 fully saturated rings. The predicted molar refractivity (Wildman–Crippen MR) is 202 cm³/mol. The van der Waals surface area contributed by atoms with Crippen LogP contribution in [-0.4, -0.2) is 94.7 Å². The summed E-state index contributed by atoms with van der Waals surface area (Å²) in [5.41, 5.74) is 3.12. The molecule has 4 N–H and O–H groups in total. The average Bonchev–Trinajstić information content (AvgIpc) is 3.85. The molecule has 6 atom stereocenters. The summed E-state index contributed by atoms with van der Waals surface area (Å²) in [6, 6.07) is 16.7. The summed E-state index contributed by atoms with van der Waals surface area (Å²) in [5.74, 6) is 0.500. The number of benzene rings is 2. The van der Waals surface area contributed by atoms with Gasteiger partial charge in [0.05, 0.1) is 18.2 Å². The molecule has 0 spiro atoms. The fraction of sp³-hybridized carbons (Fsp3) is 0.585. The lowest BCUT2D eigenvalue weighted by Crippen LogP contribution is -2.65. The van der Waals surface area contributed by atoms with E-state index in [-0.39, 0.29) is 35.9 Å². The normalized spacial score (nSPS) is 25.9. The monoisotopic (exact) mass is 738 g/mol. The predicted octanol–water partition coefficient (Wildman–Crippen LogP) is 5.34. The lowest BCUT2D eigenvalue weighted by atomic mass is 9.51. The molecule has 8 rings (SSSR count). The molecule has 54 heavy (non-hydrogen) atoms. The minimum Gasteiger partial charge on any atom is -0.480 e. The van der Waals surface area contributed by atoms with Gasteiger partial charge in [0, 0.05) is 30.6 Å². The van der Waals surface area contributed by atoms with Crippen LogP contribution < -0.4 is 5.32 Å². The Morgan fingerprint density at radius 3 is 2.37 bits per heavy atom. The minimum atomic E-state index is -0.976. The molecule has 5 aliphatic rings. The molecule has 1 aliphatic heterocycles. The Morgan fingerprint density at radius 2 is 1.78 bits per heavy atom. The SMILES string of the molecule is CCCCC(=O)N(Cc1ccc(-c2ccccc2-c2nn[nH]n2)cc1)[C@H](C(=O)O)C(C)C.N#C[C@@H]1CCCN1C(=O)CNC12C[C@@H]3C[C@@H](CC(O)(C3)C1)C2. The first-order valence-corrected chi connectivity index (χ1v) is 19.5. The van der Waals surface area contributed by atoms with E-state index in [0.717, 1.165) is 80.0 Å². The number of carboxylic acid groups (broad SMARTS) is 1. The minimum absolute atomic E-state index is 0.0453. The van der Waals surface area contributed by atoms with Crippen LogP contribution in [0.25, 0.3) is 22.5 Å². The standard InChI is InChI=1S/C24H29N5O3.C17H25N3O2/c1-4-5-10-21(30)29(22(16(2)3)24(31)32)15-17-11-13-18(14-12-17)19-8-6-7-9-20(19)23-25-27-28-26-23;18-9-14-2-1-3-20(14)15(21)10-19-16-5-12-4-13(6-16)8-17(22,7-12)11-16/h6-9,11-14,16,22H,4-5,10,15H2,1-3H3,(H,31,32)(H,25,26,27,28);12-14,19,22H,1-8,10-11H2/t22-;12-,13+,14-,16?,17?/m00/s1. The first-order chi connectivity index (χ1) is 25.9. The first-order valence-electron chi connectivity index (χ1n) is 19.5. The van der Waals surface area contributed by atoms with Gasteiger partial charge in [0.2, 0.25) is 17.6 Å². The number of tetrazole rings is 1. The second kappa shape index (κ2) is 16.8. The Labute approximate surface area is 317 Å². The quantitative estimate of drug-likeness (QED) is 0.178. The highest BCUT2D eigenvalue weighted by Gasteiger charge is 2.57. The molecule has 13 heteroatoms. The van der Waals surface area contributed by atoms with Crippen LogP contribution in [-0.2, 0) is 20.9 Å². The van der Waals surface area contributed by atoms with Crippen molar-refractivity contribution >= 4 is 17.8 Å². The molecule has 4 aliphatic carbocycles. The number of nitrogens with zero attached hydrogens (tertiary/aromatic N) is 6. The van der Waals surface area contributed by atoms with Gasteiger partial charge in [0.1, 0.15) is 12.1 Å². The fourth-order valence-corrected chi connectivity index (χ4v) is 9.77. The van der Waals surface area contributed by atoms with E-state index in [2.05, 4.69) is 32.0 Å². The lowest BCUT2D eigenvalue weighted by molar-refractivity contribution is -0.153. The lowest BCUT2D eigenvalue weighted by Gasteiger charge is -2.60. The Bertz CT molecular complexity index is 1790. The number of carbonyl (C=O) groups excluding carboxylic acids is 2. The van der Waals surface area contributed by atoms with Crippen LogP contribution in [0.15, 0.2) is 48.5 Å². The van der Waals surface area contributed by atoms with Gasteiger partial charge < -0.3 is 25.3 Å². The van der Waals surface area contributed by atoms with Crippen molar-refractivity contribution < 1.29 is 24.6 Å². The first kappa shape index (κ1) is 39.0. The number of aromatic nitrogens is 4. The Balaban J connectivity index is 0.000000196. The van der Waals surface area contributed by atoms with Crippen LogP contribution in [0.4, 0.5) is 0 Å². The average molecular weight is 739 g/mol. The van der Waals surface area contributed by atoms with Gasteiger partial charge in [-0.05, 0) is 97.4 Å². The van der Waals surface area contributed by atoms with Crippen molar-refractivity contribution in [3.8, 4) is 28.6 Å².